The molecule has 0 aliphatic heterocycles. The van der Waals surface area contributed by atoms with E-state index in [0.717, 1.165) is 12.8 Å². The minimum Gasteiger partial charge on any atom is -0.339 e. The zero-order chi connectivity index (χ0) is 11.5. The molecule has 0 N–H and O–H groups in total. The fraction of sp³-hybridized carbons (Fsp3) is 0.500. The molecule has 0 amide bonds. The summed E-state index contributed by atoms with van der Waals surface area (Å²) in [6.07, 6.45) is 5.15. The third-order valence-corrected chi connectivity index (χ3v) is 2.30. The molecule has 2 aromatic rings. The molecule has 0 radical (unpaired) electrons. The molecule has 2 aromatic heterocycles. The molecule has 0 aliphatic carbocycles. The molecule has 0 bridgehead atoms. The number of hydrogen-bond acceptors (Lipinski definition) is 4. The lowest BCUT2D eigenvalue weighted by Gasteiger charge is -1.94. The third kappa shape index (κ3) is 2.05. The summed E-state index contributed by atoms with van der Waals surface area (Å²) in [7, 11) is 1.71. The number of hydrogen-bond donors (Lipinski definition) is 0. The number of nitrogens with zero attached hydrogens (tertiary/aromatic N) is 4. The Kier molecular flexibility index (Phi) is 2.89. The Balaban J connectivity index is 2.14. The molecule has 0 atom stereocenters. The molecule has 0 saturated heterocycles. The van der Waals surface area contributed by atoms with Gasteiger partial charge in [-0.2, -0.15) is 4.98 Å². The second-order valence-electron chi connectivity index (χ2n) is 3.67. The Labute approximate surface area is 92.5 Å². The zero-order valence-corrected chi connectivity index (χ0v) is 9.38. The number of aryl methyl sites for hydroxylation is 2. The van der Waals surface area contributed by atoms with Crippen LogP contribution in [0.5, 0.6) is 0 Å². The van der Waals surface area contributed by atoms with Crippen molar-refractivity contribution in [3.05, 3.63) is 34.6 Å². The van der Waals surface area contributed by atoms with E-state index in [4.69, 9.17) is 4.52 Å². The van der Waals surface area contributed by atoms with E-state index in [1.807, 2.05) is 6.92 Å². The Morgan fingerprint density at radius 3 is 2.88 bits per heavy atom. The van der Waals surface area contributed by atoms with Gasteiger partial charge in [-0.3, -0.25) is 4.57 Å². The third-order valence-electron chi connectivity index (χ3n) is 2.30. The van der Waals surface area contributed by atoms with Crippen molar-refractivity contribution in [3.8, 4) is 0 Å². The second kappa shape index (κ2) is 4.34. The monoisotopic (exact) mass is 222 g/mol. The summed E-state index contributed by atoms with van der Waals surface area (Å²) in [5, 5.41) is 3.83. The second-order valence-corrected chi connectivity index (χ2v) is 3.67. The highest BCUT2D eigenvalue weighted by Gasteiger charge is 2.07. The summed E-state index contributed by atoms with van der Waals surface area (Å²) in [5.41, 5.74) is -0.0816. The van der Waals surface area contributed by atoms with Gasteiger partial charge in [0.15, 0.2) is 5.82 Å². The van der Waals surface area contributed by atoms with E-state index in [-0.39, 0.29) is 5.69 Å². The standard InChI is InChI=1S/C10H14N4O2/c1-3-4-9-11-8(12-16-9)7-14-6-5-13(2)10(14)15/h5-6H,3-4,7H2,1-2H3. The minimum atomic E-state index is -0.0816. The van der Waals surface area contributed by atoms with Gasteiger partial charge in [0.2, 0.25) is 5.89 Å². The van der Waals surface area contributed by atoms with E-state index >= 15 is 0 Å². The van der Waals surface area contributed by atoms with Crippen LogP contribution in [0.15, 0.2) is 21.7 Å². The van der Waals surface area contributed by atoms with Gasteiger partial charge in [-0.15, -0.1) is 0 Å². The SMILES string of the molecule is CCCc1nc(Cn2ccn(C)c2=O)no1. The zero-order valence-electron chi connectivity index (χ0n) is 9.38. The maximum atomic E-state index is 11.5. The lowest BCUT2D eigenvalue weighted by atomic mass is 10.3. The number of aromatic nitrogens is 4. The topological polar surface area (TPSA) is 65.8 Å². The number of imidazole rings is 1. The summed E-state index contributed by atoms with van der Waals surface area (Å²) in [5.74, 6) is 1.17. The van der Waals surface area contributed by atoms with E-state index in [9.17, 15) is 4.79 Å². The molecule has 0 fully saturated rings. The van der Waals surface area contributed by atoms with Gasteiger partial charge in [-0.1, -0.05) is 12.1 Å². The van der Waals surface area contributed by atoms with Crippen LogP contribution in [0.4, 0.5) is 0 Å². The van der Waals surface area contributed by atoms with E-state index < -0.39 is 0 Å². The highest BCUT2D eigenvalue weighted by atomic mass is 16.5. The van der Waals surface area contributed by atoms with Crippen LogP contribution in [0.2, 0.25) is 0 Å². The first-order valence-corrected chi connectivity index (χ1v) is 5.24. The smallest absolute Gasteiger partial charge is 0.328 e. The number of rotatable bonds is 4. The van der Waals surface area contributed by atoms with Gasteiger partial charge in [0.05, 0.1) is 6.54 Å². The Bertz CT molecular complexity index is 523. The molecule has 0 aromatic carbocycles. The van der Waals surface area contributed by atoms with Gasteiger partial charge in [-0.25, -0.2) is 4.79 Å². The van der Waals surface area contributed by atoms with Crippen molar-refractivity contribution >= 4 is 0 Å². The largest absolute Gasteiger partial charge is 0.339 e. The summed E-state index contributed by atoms with van der Waals surface area (Å²) in [6.45, 7) is 2.40. The molecular formula is C10H14N4O2. The van der Waals surface area contributed by atoms with E-state index in [1.54, 1.807) is 24.0 Å². The first-order valence-electron chi connectivity index (χ1n) is 5.24. The van der Waals surface area contributed by atoms with Gasteiger partial charge in [0.25, 0.3) is 0 Å². The summed E-state index contributed by atoms with van der Waals surface area (Å²) in [4.78, 5) is 15.7. The lowest BCUT2D eigenvalue weighted by Crippen LogP contribution is -2.22. The van der Waals surface area contributed by atoms with Crippen LogP contribution in [0.3, 0.4) is 0 Å². The predicted molar refractivity (Wildman–Crippen MR) is 57.1 cm³/mol. The maximum absolute atomic E-state index is 11.5. The molecule has 2 rings (SSSR count). The van der Waals surface area contributed by atoms with Crippen LogP contribution in [-0.2, 0) is 20.0 Å². The summed E-state index contributed by atoms with van der Waals surface area (Å²) in [6, 6.07) is 0. The normalized spacial score (nSPS) is 10.9. The van der Waals surface area contributed by atoms with Crippen molar-refractivity contribution in [1.29, 1.82) is 0 Å². The van der Waals surface area contributed by atoms with Gasteiger partial charge < -0.3 is 9.09 Å². The van der Waals surface area contributed by atoms with Gasteiger partial charge in [0.1, 0.15) is 0 Å². The molecule has 16 heavy (non-hydrogen) atoms. The molecule has 0 saturated carbocycles. The predicted octanol–water partition coefficient (Wildman–Crippen LogP) is 0.571. The molecule has 0 aliphatic rings. The van der Waals surface area contributed by atoms with Crippen molar-refractivity contribution in [3.63, 3.8) is 0 Å². The first kappa shape index (κ1) is 10.7. The molecule has 6 nitrogen and oxygen atoms in total. The maximum Gasteiger partial charge on any atom is 0.328 e. The van der Waals surface area contributed by atoms with Gasteiger partial charge in [-0.05, 0) is 6.42 Å². The summed E-state index contributed by atoms with van der Waals surface area (Å²) < 4.78 is 8.09. The van der Waals surface area contributed by atoms with Gasteiger partial charge in [0, 0.05) is 25.9 Å². The average molecular weight is 222 g/mol. The van der Waals surface area contributed by atoms with Crippen LogP contribution < -0.4 is 5.69 Å². The first-order chi connectivity index (χ1) is 7.70. The Hall–Kier alpha value is -1.85. The van der Waals surface area contributed by atoms with Crippen molar-refractivity contribution in [2.45, 2.75) is 26.3 Å². The van der Waals surface area contributed by atoms with E-state index in [2.05, 4.69) is 10.1 Å². The fourth-order valence-electron chi connectivity index (χ4n) is 1.45. The molecule has 0 spiro atoms. The van der Waals surface area contributed by atoms with Crippen molar-refractivity contribution in [2.75, 3.05) is 0 Å². The molecule has 2 heterocycles. The molecule has 6 heteroatoms. The van der Waals surface area contributed by atoms with Gasteiger partial charge >= 0.3 is 5.69 Å². The average Bonchev–Trinajstić information content (AvgIpc) is 2.82. The van der Waals surface area contributed by atoms with Crippen molar-refractivity contribution in [2.24, 2.45) is 7.05 Å². The Morgan fingerprint density at radius 2 is 2.25 bits per heavy atom. The van der Waals surface area contributed by atoms with Crippen LogP contribution >= 0.6 is 0 Å². The van der Waals surface area contributed by atoms with E-state index in [0.29, 0.717) is 18.3 Å². The van der Waals surface area contributed by atoms with Crippen LogP contribution in [0.1, 0.15) is 25.1 Å². The molecule has 86 valence electrons. The van der Waals surface area contributed by atoms with Crippen LogP contribution in [-0.4, -0.2) is 19.3 Å². The lowest BCUT2D eigenvalue weighted by molar-refractivity contribution is 0.371. The quantitative estimate of drug-likeness (QED) is 0.758. The highest BCUT2D eigenvalue weighted by Crippen LogP contribution is 2.01. The van der Waals surface area contributed by atoms with Crippen LogP contribution in [0.25, 0.3) is 0 Å². The minimum absolute atomic E-state index is 0.0816. The highest BCUT2D eigenvalue weighted by molar-refractivity contribution is 4.90. The van der Waals surface area contributed by atoms with Crippen molar-refractivity contribution in [1.82, 2.24) is 19.3 Å². The fourth-order valence-corrected chi connectivity index (χ4v) is 1.45. The molecule has 0 unspecified atom stereocenters. The summed E-state index contributed by atoms with van der Waals surface area (Å²) >= 11 is 0. The van der Waals surface area contributed by atoms with E-state index in [1.165, 1.54) is 4.57 Å². The van der Waals surface area contributed by atoms with Crippen LogP contribution in [0, 0.1) is 0 Å². The Morgan fingerprint density at radius 1 is 1.44 bits per heavy atom. The molecular weight excluding hydrogens is 208 g/mol. The van der Waals surface area contributed by atoms with Crippen molar-refractivity contribution < 1.29 is 4.52 Å².